The van der Waals surface area contributed by atoms with Crippen molar-refractivity contribution in [3.63, 3.8) is 0 Å². The largest absolute Gasteiger partial charge is 0.394 e. The van der Waals surface area contributed by atoms with Crippen molar-refractivity contribution < 1.29 is 4.39 Å². The first-order valence-electron chi connectivity index (χ1n) is 5.68. The molecule has 3 N–H and O–H groups in total. The van der Waals surface area contributed by atoms with Gasteiger partial charge in [0.25, 0.3) is 0 Å². The zero-order chi connectivity index (χ0) is 14.2. The summed E-state index contributed by atoms with van der Waals surface area (Å²) in [6, 6.07) is 2.90. The van der Waals surface area contributed by atoms with Crippen LogP contribution < -0.4 is 11.1 Å². The number of aromatic nitrogens is 2. The Kier molecular flexibility index (Phi) is 3.87. The van der Waals surface area contributed by atoms with E-state index in [-0.39, 0.29) is 10.0 Å². The van der Waals surface area contributed by atoms with Crippen molar-refractivity contribution in [3.05, 3.63) is 33.7 Å². The Labute approximate surface area is 120 Å². The number of hydrogen-bond donors (Lipinski definition) is 2. The van der Waals surface area contributed by atoms with Gasteiger partial charge in [-0.3, -0.25) is 0 Å². The lowest BCUT2D eigenvalue weighted by Crippen LogP contribution is -2.04. The highest BCUT2D eigenvalue weighted by Gasteiger charge is 2.13. The van der Waals surface area contributed by atoms with Gasteiger partial charge < -0.3 is 11.1 Å². The molecule has 0 atom stereocenters. The number of anilines is 3. The maximum absolute atomic E-state index is 13.3. The van der Waals surface area contributed by atoms with Gasteiger partial charge in [-0.2, -0.15) is 5.10 Å². The van der Waals surface area contributed by atoms with Crippen LogP contribution in [-0.2, 0) is 6.54 Å². The SMILES string of the molecule is CCn1nc(C)c(N)c1Nc1cc(Cl)c(F)c(Cl)c1. The molecule has 0 bridgehead atoms. The molecule has 0 radical (unpaired) electrons. The molecule has 2 rings (SSSR count). The summed E-state index contributed by atoms with van der Waals surface area (Å²) in [6.07, 6.45) is 0. The maximum atomic E-state index is 13.3. The summed E-state index contributed by atoms with van der Waals surface area (Å²) in [6.45, 7) is 4.42. The lowest BCUT2D eigenvalue weighted by molar-refractivity contribution is 0.629. The molecule has 0 amide bonds. The molecule has 1 aromatic heterocycles. The second-order valence-corrected chi connectivity index (χ2v) is 4.86. The number of nitrogen functional groups attached to an aromatic ring is 1. The standard InChI is InChI=1S/C12H13Cl2FN4/c1-3-19-12(11(16)6(2)18-19)17-7-4-8(13)10(15)9(14)5-7/h4-5,17H,3,16H2,1-2H3. The molecule has 2 aromatic rings. The first kappa shape index (κ1) is 14.0. The Bertz CT molecular complexity index is 601. The third-order valence-electron chi connectivity index (χ3n) is 2.72. The minimum absolute atomic E-state index is 0.0483. The van der Waals surface area contributed by atoms with Gasteiger partial charge in [0.05, 0.1) is 21.4 Å². The first-order valence-corrected chi connectivity index (χ1v) is 6.44. The van der Waals surface area contributed by atoms with Gasteiger partial charge in [-0.15, -0.1) is 0 Å². The molecule has 102 valence electrons. The van der Waals surface area contributed by atoms with E-state index in [0.29, 0.717) is 23.7 Å². The molecule has 0 aliphatic rings. The van der Waals surface area contributed by atoms with Crippen molar-refractivity contribution >= 4 is 40.4 Å². The zero-order valence-corrected chi connectivity index (χ0v) is 12.0. The molecular formula is C12H13Cl2FN4. The Morgan fingerprint density at radius 3 is 2.47 bits per heavy atom. The molecule has 0 spiro atoms. The van der Waals surface area contributed by atoms with Crippen LogP contribution in [0.5, 0.6) is 0 Å². The molecule has 4 nitrogen and oxygen atoms in total. The maximum Gasteiger partial charge on any atom is 0.160 e. The lowest BCUT2D eigenvalue weighted by atomic mass is 10.3. The van der Waals surface area contributed by atoms with Crippen LogP contribution >= 0.6 is 23.2 Å². The molecule has 1 aromatic carbocycles. The topological polar surface area (TPSA) is 55.9 Å². The van der Waals surface area contributed by atoms with Gasteiger partial charge in [-0.1, -0.05) is 23.2 Å². The van der Waals surface area contributed by atoms with E-state index in [1.165, 1.54) is 12.1 Å². The molecule has 0 saturated carbocycles. The van der Waals surface area contributed by atoms with E-state index in [0.717, 1.165) is 5.69 Å². The van der Waals surface area contributed by atoms with Gasteiger partial charge in [0, 0.05) is 12.2 Å². The minimum atomic E-state index is -0.637. The quantitative estimate of drug-likeness (QED) is 0.843. The summed E-state index contributed by atoms with van der Waals surface area (Å²) in [4.78, 5) is 0. The van der Waals surface area contributed by atoms with Crippen LogP contribution in [0.4, 0.5) is 21.6 Å². The van der Waals surface area contributed by atoms with E-state index in [1.54, 1.807) is 4.68 Å². The number of nitrogens with zero attached hydrogens (tertiary/aromatic N) is 2. The van der Waals surface area contributed by atoms with E-state index in [1.807, 2.05) is 13.8 Å². The van der Waals surface area contributed by atoms with Crippen LogP contribution in [0.25, 0.3) is 0 Å². The van der Waals surface area contributed by atoms with Crippen LogP contribution in [0.15, 0.2) is 12.1 Å². The molecule has 1 heterocycles. The number of halogens is 3. The third-order valence-corrected chi connectivity index (χ3v) is 3.27. The van der Waals surface area contributed by atoms with Gasteiger partial charge >= 0.3 is 0 Å². The highest BCUT2D eigenvalue weighted by Crippen LogP contribution is 2.31. The second kappa shape index (κ2) is 5.27. The first-order chi connectivity index (χ1) is 8.93. The fourth-order valence-electron chi connectivity index (χ4n) is 1.72. The van der Waals surface area contributed by atoms with Crippen LogP contribution in [0, 0.1) is 12.7 Å². The van der Waals surface area contributed by atoms with E-state index < -0.39 is 5.82 Å². The Hall–Kier alpha value is -1.46. The second-order valence-electron chi connectivity index (χ2n) is 4.04. The summed E-state index contributed by atoms with van der Waals surface area (Å²) in [5.74, 6) is 0.000719. The summed E-state index contributed by atoms with van der Waals surface area (Å²) in [7, 11) is 0. The number of nitrogens with two attached hydrogens (primary N) is 1. The minimum Gasteiger partial charge on any atom is -0.394 e. The Morgan fingerprint density at radius 1 is 1.37 bits per heavy atom. The van der Waals surface area contributed by atoms with Gasteiger partial charge in [0.2, 0.25) is 0 Å². The van der Waals surface area contributed by atoms with Gasteiger partial charge in [0.15, 0.2) is 11.6 Å². The van der Waals surface area contributed by atoms with Crippen molar-refractivity contribution in [3.8, 4) is 0 Å². The molecule has 0 fully saturated rings. The van der Waals surface area contributed by atoms with Crippen molar-refractivity contribution in [2.45, 2.75) is 20.4 Å². The fourth-order valence-corrected chi connectivity index (χ4v) is 2.21. The van der Waals surface area contributed by atoms with Crippen LogP contribution in [0.1, 0.15) is 12.6 Å². The molecule has 0 aliphatic carbocycles. The Morgan fingerprint density at radius 2 is 1.95 bits per heavy atom. The number of hydrogen-bond acceptors (Lipinski definition) is 3. The molecule has 0 aliphatic heterocycles. The highest BCUT2D eigenvalue weighted by molar-refractivity contribution is 6.35. The molecule has 7 heteroatoms. The molecule has 0 saturated heterocycles. The van der Waals surface area contributed by atoms with Gasteiger partial charge in [0.1, 0.15) is 0 Å². The monoisotopic (exact) mass is 302 g/mol. The van der Waals surface area contributed by atoms with E-state index >= 15 is 0 Å². The van der Waals surface area contributed by atoms with Crippen molar-refractivity contribution in [2.24, 2.45) is 0 Å². The van der Waals surface area contributed by atoms with Crippen LogP contribution in [0.3, 0.4) is 0 Å². The smallest absolute Gasteiger partial charge is 0.160 e. The fraction of sp³-hybridized carbons (Fsp3) is 0.250. The highest BCUT2D eigenvalue weighted by atomic mass is 35.5. The van der Waals surface area contributed by atoms with Crippen molar-refractivity contribution in [2.75, 3.05) is 11.1 Å². The molecule has 19 heavy (non-hydrogen) atoms. The third kappa shape index (κ3) is 2.62. The molecule has 0 unspecified atom stereocenters. The predicted molar refractivity (Wildman–Crippen MR) is 76.8 cm³/mol. The van der Waals surface area contributed by atoms with E-state index in [2.05, 4.69) is 10.4 Å². The van der Waals surface area contributed by atoms with Crippen molar-refractivity contribution in [1.82, 2.24) is 9.78 Å². The summed E-state index contributed by atoms with van der Waals surface area (Å²) in [5.41, 5.74) is 7.77. The number of nitrogens with one attached hydrogen (secondary N) is 1. The van der Waals surface area contributed by atoms with Gasteiger partial charge in [-0.25, -0.2) is 9.07 Å². The summed E-state index contributed by atoms with van der Waals surface area (Å²) < 4.78 is 15.1. The van der Waals surface area contributed by atoms with E-state index in [9.17, 15) is 4.39 Å². The average Bonchev–Trinajstić information content (AvgIpc) is 2.63. The predicted octanol–water partition coefficient (Wildman–Crippen LogP) is 3.98. The summed E-state index contributed by atoms with van der Waals surface area (Å²) in [5, 5.41) is 7.24. The molecular weight excluding hydrogens is 290 g/mol. The Balaban J connectivity index is 2.41. The zero-order valence-electron chi connectivity index (χ0n) is 10.5. The lowest BCUT2D eigenvalue weighted by Gasteiger charge is -2.10. The number of benzene rings is 1. The summed E-state index contributed by atoms with van der Waals surface area (Å²) >= 11 is 11.5. The van der Waals surface area contributed by atoms with Crippen LogP contribution in [0.2, 0.25) is 10.0 Å². The van der Waals surface area contributed by atoms with Crippen LogP contribution in [-0.4, -0.2) is 9.78 Å². The normalized spacial score (nSPS) is 10.8. The van der Waals surface area contributed by atoms with Gasteiger partial charge in [-0.05, 0) is 26.0 Å². The van der Waals surface area contributed by atoms with Crippen molar-refractivity contribution in [1.29, 1.82) is 0 Å². The number of rotatable bonds is 3. The van der Waals surface area contributed by atoms with E-state index in [4.69, 9.17) is 28.9 Å². The number of aryl methyl sites for hydroxylation is 2. The average molecular weight is 303 g/mol.